The fourth-order valence-corrected chi connectivity index (χ4v) is 2.16. The largest absolute Gasteiger partial charge is 0.378 e. The second-order valence-corrected chi connectivity index (χ2v) is 5.54. The van der Waals surface area contributed by atoms with Gasteiger partial charge in [-0.1, -0.05) is 12.1 Å². The van der Waals surface area contributed by atoms with Crippen molar-refractivity contribution in [2.24, 2.45) is 5.92 Å². The predicted molar refractivity (Wildman–Crippen MR) is 78.2 cm³/mol. The van der Waals surface area contributed by atoms with Gasteiger partial charge in [-0.05, 0) is 36.7 Å². The van der Waals surface area contributed by atoms with Crippen molar-refractivity contribution in [2.75, 3.05) is 39.1 Å². The van der Waals surface area contributed by atoms with Crippen molar-refractivity contribution in [1.82, 2.24) is 10.2 Å². The molecule has 0 radical (unpaired) electrons. The Morgan fingerprint density at radius 2 is 1.84 bits per heavy atom. The van der Waals surface area contributed by atoms with Crippen LogP contribution in [0.25, 0.3) is 0 Å². The topological polar surface area (TPSA) is 35.6 Å². The molecule has 1 aromatic carbocycles. The zero-order valence-corrected chi connectivity index (χ0v) is 12.0. The van der Waals surface area contributed by atoms with Gasteiger partial charge in [0, 0.05) is 39.8 Å². The van der Waals surface area contributed by atoms with Gasteiger partial charge < -0.3 is 15.1 Å². The molecule has 0 aliphatic carbocycles. The molecule has 1 fully saturated rings. The molecule has 1 aliphatic rings. The zero-order valence-electron chi connectivity index (χ0n) is 12.0. The van der Waals surface area contributed by atoms with Crippen molar-refractivity contribution >= 4 is 11.6 Å². The lowest BCUT2D eigenvalue weighted by atomic mass is 9.99. The average molecular weight is 261 g/mol. The van der Waals surface area contributed by atoms with Crippen LogP contribution in [0.15, 0.2) is 24.3 Å². The van der Waals surface area contributed by atoms with E-state index < -0.39 is 0 Å². The molecule has 0 bridgehead atoms. The van der Waals surface area contributed by atoms with Crippen molar-refractivity contribution in [2.45, 2.75) is 13.0 Å². The van der Waals surface area contributed by atoms with Crippen LogP contribution in [0.4, 0.5) is 5.69 Å². The first kappa shape index (κ1) is 13.9. The van der Waals surface area contributed by atoms with Gasteiger partial charge in [0.15, 0.2) is 0 Å². The molecule has 0 unspecified atom stereocenters. The predicted octanol–water partition coefficient (Wildman–Crippen LogP) is 1.32. The summed E-state index contributed by atoms with van der Waals surface area (Å²) in [6.45, 7) is 2.65. The number of anilines is 1. The van der Waals surface area contributed by atoms with Gasteiger partial charge in [0.05, 0.1) is 0 Å². The Kier molecular flexibility index (Phi) is 4.43. The fraction of sp³-hybridized carbons (Fsp3) is 0.533. The molecular weight excluding hydrogens is 238 g/mol. The molecule has 0 saturated carbocycles. The van der Waals surface area contributed by atoms with Crippen LogP contribution in [0.3, 0.4) is 0 Å². The van der Waals surface area contributed by atoms with E-state index in [-0.39, 0.29) is 5.91 Å². The third kappa shape index (κ3) is 3.70. The maximum Gasteiger partial charge on any atom is 0.222 e. The first-order chi connectivity index (χ1) is 9.06. The van der Waals surface area contributed by atoms with E-state index in [1.165, 1.54) is 11.3 Å². The van der Waals surface area contributed by atoms with E-state index in [2.05, 4.69) is 34.5 Å². The van der Waals surface area contributed by atoms with E-state index in [1.54, 1.807) is 0 Å². The summed E-state index contributed by atoms with van der Waals surface area (Å²) in [5, 5.41) is 3.20. The zero-order chi connectivity index (χ0) is 13.8. The Labute approximate surface area is 115 Å². The second kappa shape index (κ2) is 6.06. The first-order valence-corrected chi connectivity index (χ1v) is 6.77. The van der Waals surface area contributed by atoms with Crippen molar-refractivity contribution in [3.63, 3.8) is 0 Å². The molecule has 1 aliphatic heterocycles. The van der Waals surface area contributed by atoms with Crippen LogP contribution in [-0.2, 0) is 11.3 Å². The second-order valence-electron chi connectivity index (χ2n) is 5.54. The van der Waals surface area contributed by atoms with Crippen molar-refractivity contribution in [1.29, 1.82) is 0 Å². The minimum atomic E-state index is 0.239. The summed E-state index contributed by atoms with van der Waals surface area (Å²) in [7, 11) is 5.93. The normalized spacial score (nSPS) is 14.9. The Bertz CT molecular complexity index is 424. The van der Waals surface area contributed by atoms with Crippen LogP contribution in [0.2, 0.25) is 0 Å². The highest BCUT2D eigenvalue weighted by molar-refractivity contribution is 5.76. The molecule has 1 N–H and O–H groups in total. The number of carbonyl (C=O) groups excluding carboxylic acids is 1. The van der Waals surface area contributed by atoms with E-state index in [4.69, 9.17) is 0 Å². The molecule has 2 rings (SSSR count). The highest BCUT2D eigenvalue weighted by Crippen LogP contribution is 2.15. The van der Waals surface area contributed by atoms with E-state index in [0.29, 0.717) is 18.9 Å². The molecule has 0 spiro atoms. The third-order valence-corrected chi connectivity index (χ3v) is 3.63. The minimum absolute atomic E-state index is 0.239. The summed E-state index contributed by atoms with van der Waals surface area (Å²) in [6, 6.07) is 8.35. The van der Waals surface area contributed by atoms with Crippen molar-refractivity contribution < 1.29 is 4.79 Å². The van der Waals surface area contributed by atoms with Gasteiger partial charge in [0.25, 0.3) is 0 Å². The summed E-state index contributed by atoms with van der Waals surface area (Å²) < 4.78 is 0. The van der Waals surface area contributed by atoms with E-state index >= 15 is 0 Å². The smallest absolute Gasteiger partial charge is 0.222 e. The van der Waals surface area contributed by atoms with E-state index in [0.717, 1.165) is 13.1 Å². The lowest BCUT2D eigenvalue weighted by Gasteiger charge is -2.28. The van der Waals surface area contributed by atoms with Gasteiger partial charge in [-0.2, -0.15) is 0 Å². The molecule has 1 aromatic rings. The number of hydrogen-bond donors (Lipinski definition) is 1. The van der Waals surface area contributed by atoms with Gasteiger partial charge in [0.2, 0.25) is 5.91 Å². The summed E-state index contributed by atoms with van der Waals surface area (Å²) in [5.74, 6) is 0.772. The van der Waals surface area contributed by atoms with Crippen molar-refractivity contribution in [3.05, 3.63) is 29.8 Å². The minimum Gasteiger partial charge on any atom is -0.378 e. The Hall–Kier alpha value is -1.55. The Morgan fingerprint density at radius 1 is 1.21 bits per heavy atom. The van der Waals surface area contributed by atoms with Crippen LogP contribution in [0, 0.1) is 5.92 Å². The lowest BCUT2D eigenvalue weighted by Crippen LogP contribution is -2.44. The summed E-state index contributed by atoms with van der Waals surface area (Å²) >= 11 is 0. The number of hydrogen-bond acceptors (Lipinski definition) is 3. The van der Waals surface area contributed by atoms with Gasteiger partial charge >= 0.3 is 0 Å². The Morgan fingerprint density at radius 3 is 2.32 bits per heavy atom. The van der Waals surface area contributed by atoms with E-state index in [9.17, 15) is 4.79 Å². The highest BCUT2D eigenvalue weighted by atomic mass is 16.2. The summed E-state index contributed by atoms with van der Waals surface area (Å²) in [4.78, 5) is 15.9. The van der Waals surface area contributed by atoms with Crippen LogP contribution >= 0.6 is 0 Å². The summed E-state index contributed by atoms with van der Waals surface area (Å²) in [6.07, 6.45) is 0.666. The highest BCUT2D eigenvalue weighted by Gasteiger charge is 2.21. The number of carbonyl (C=O) groups is 1. The number of amides is 1. The molecule has 4 nitrogen and oxygen atoms in total. The van der Waals surface area contributed by atoms with Crippen LogP contribution in [-0.4, -0.2) is 45.0 Å². The average Bonchev–Trinajstić information content (AvgIpc) is 2.34. The SMILES string of the molecule is CN(Cc1ccc(N(C)C)cc1)C(=O)CC1CNC1. The lowest BCUT2D eigenvalue weighted by molar-refractivity contribution is -0.131. The van der Waals surface area contributed by atoms with E-state index in [1.807, 2.05) is 26.0 Å². The number of rotatable bonds is 5. The fourth-order valence-electron chi connectivity index (χ4n) is 2.16. The third-order valence-electron chi connectivity index (χ3n) is 3.63. The first-order valence-electron chi connectivity index (χ1n) is 6.77. The molecule has 0 aromatic heterocycles. The van der Waals surface area contributed by atoms with Gasteiger partial charge in [-0.3, -0.25) is 4.79 Å². The quantitative estimate of drug-likeness (QED) is 0.868. The number of nitrogens with zero attached hydrogens (tertiary/aromatic N) is 2. The molecular formula is C15H23N3O. The standard InChI is InChI=1S/C15H23N3O/c1-17(2)14-6-4-12(5-7-14)11-18(3)15(19)8-13-9-16-10-13/h4-7,13,16H,8-11H2,1-3H3. The molecule has 19 heavy (non-hydrogen) atoms. The molecule has 1 amide bonds. The summed E-state index contributed by atoms with van der Waals surface area (Å²) in [5.41, 5.74) is 2.35. The molecule has 104 valence electrons. The van der Waals surface area contributed by atoms with Crippen LogP contribution in [0.5, 0.6) is 0 Å². The number of benzene rings is 1. The van der Waals surface area contributed by atoms with Gasteiger partial charge in [-0.15, -0.1) is 0 Å². The van der Waals surface area contributed by atoms with Crippen LogP contribution < -0.4 is 10.2 Å². The maximum absolute atomic E-state index is 12.0. The monoisotopic (exact) mass is 261 g/mol. The maximum atomic E-state index is 12.0. The molecule has 0 atom stereocenters. The Balaban J connectivity index is 1.86. The molecule has 1 saturated heterocycles. The van der Waals surface area contributed by atoms with Crippen LogP contribution in [0.1, 0.15) is 12.0 Å². The van der Waals surface area contributed by atoms with Gasteiger partial charge in [-0.25, -0.2) is 0 Å². The number of nitrogens with one attached hydrogen (secondary N) is 1. The van der Waals surface area contributed by atoms with Crippen molar-refractivity contribution in [3.8, 4) is 0 Å². The molecule has 1 heterocycles. The van der Waals surface area contributed by atoms with Gasteiger partial charge in [0.1, 0.15) is 0 Å². The molecule has 4 heteroatoms.